The Labute approximate surface area is 96.5 Å². The van der Waals surface area contributed by atoms with Crippen molar-refractivity contribution < 1.29 is 8.42 Å². The minimum atomic E-state index is -3.25. The number of hydrazine groups is 1. The van der Waals surface area contributed by atoms with Crippen molar-refractivity contribution in [2.75, 3.05) is 16.4 Å². The summed E-state index contributed by atoms with van der Waals surface area (Å²) in [7, 11) is -3.25. The SMILES string of the molecule is CS(=O)(=O)Nc1ccc2nc(NN)sc2c1. The first-order chi connectivity index (χ1) is 7.48. The Bertz CT molecular complexity index is 620. The molecule has 0 saturated heterocycles. The molecule has 1 aromatic carbocycles. The van der Waals surface area contributed by atoms with Gasteiger partial charge >= 0.3 is 0 Å². The predicted molar refractivity (Wildman–Crippen MR) is 65.9 cm³/mol. The van der Waals surface area contributed by atoms with E-state index in [0.29, 0.717) is 10.8 Å². The van der Waals surface area contributed by atoms with Gasteiger partial charge in [0.15, 0.2) is 5.13 Å². The fraction of sp³-hybridized carbons (Fsp3) is 0.125. The van der Waals surface area contributed by atoms with Crippen molar-refractivity contribution in [2.45, 2.75) is 0 Å². The van der Waals surface area contributed by atoms with Gasteiger partial charge in [0.2, 0.25) is 10.0 Å². The van der Waals surface area contributed by atoms with Gasteiger partial charge in [0, 0.05) is 0 Å². The number of hydrogen-bond acceptors (Lipinski definition) is 6. The number of benzene rings is 1. The molecule has 0 aliphatic carbocycles. The number of aromatic nitrogens is 1. The Hall–Kier alpha value is -1.38. The van der Waals surface area contributed by atoms with Crippen molar-refractivity contribution in [3.8, 4) is 0 Å². The molecule has 6 nitrogen and oxygen atoms in total. The first-order valence-corrected chi connectivity index (χ1v) is 7.04. The number of sulfonamides is 1. The molecule has 16 heavy (non-hydrogen) atoms. The van der Waals surface area contributed by atoms with Gasteiger partial charge in [-0.2, -0.15) is 0 Å². The lowest BCUT2D eigenvalue weighted by atomic mass is 10.3. The summed E-state index contributed by atoms with van der Waals surface area (Å²) in [6.07, 6.45) is 1.11. The van der Waals surface area contributed by atoms with Gasteiger partial charge in [-0.3, -0.25) is 10.1 Å². The van der Waals surface area contributed by atoms with Crippen LogP contribution in [0.15, 0.2) is 18.2 Å². The van der Waals surface area contributed by atoms with Crippen LogP contribution in [0.4, 0.5) is 10.8 Å². The first-order valence-electron chi connectivity index (χ1n) is 4.33. The van der Waals surface area contributed by atoms with E-state index >= 15 is 0 Å². The smallest absolute Gasteiger partial charge is 0.229 e. The Morgan fingerprint density at radius 1 is 1.44 bits per heavy atom. The molecule has 0 unspecified atom stereocenters. The van der Waals surface area contributed by atoms with Gasteiger partial charge in [0.05, 0.1) is 22.2 Å². The van der Waals surface area contributed by atoms with Crippen LogP contribution in [-0.4, -0.2) is 19.7 Å². The second kappa shape index (κ2) is 3.89. The van der Waals surface area contributed by atoms with E-state index in [1.165, 1.54) is 11.3 Å². The molecule has 86 valence electrons. The third kappa shape index (κ3) is 2.40. The van der Waals surface area contributed by atoms with Gasteiger partial charge in [-0.15, -0.1) is 0 Å². The van der Waals surface area contributed by atoms with Crippen molar-refractivity contribution in [3.63, 3.8) is 0 Å². The molecule has 0 spiro atoms. The number of rotatable bonds is 3. The summed E-state index contributed by atoms with van der Waals surface area (Å²) >= 11 is 1.36. The summed E-state index contributed by atoms with van der Waals surface area (Å²) in [5.41, 5.74) is 3.74. The monoisotopic (exact) mass is 258 g/mol. The van der Waals surface area contributed by atoms with Crippen LogP contribution in [0, 0.1) is 0 Å². The lowest BCUT2D eigenvalue weighted by molar-refractivity contribution is 0.607. The summed E-state index contributed by atoms with van der Waals surface area (Å²) in [5.74, 6) is 5.24. The highest BCUT2D eigenvalue weighted by molar-refractivity contribution is 7.92. The molecule has 0 fully saturated rings. The van der Waals surface area contributed by atoms with E-state index in [4.69, 9.17) is 5.84 Å². The fourth-order valence-electron chi connectivity index (χ4n) is 1.26. The van der Waals surface area contributed by atoms with Crippen LogP contribution in [-0.2, 0) is 10.0 Å². The summed E-state index contributed by atoms with van der Waals surface area (Å²) < 4.78 is 25.3. The molecular formula is C8H10N4O2S2. The average molecular weight is 258 g/mol. The van der Waals surface area contributed by atoms with Crippen LogP contribution in [0.1, 0.15) is 0 Å². The van der Waals surface area contributed by atoms with E-state index in [-0.39, 0.29) is 0 Å². The topological polar surface area (TPSA) is 97.1 Å². The van der Waals surface area contributed by atoms with Gasteiger partial charge < -0.3 is 0 Å². The van der Waals surface area contributed by atoms with E-state index < -0.39 is 10.0 Å². The van der Waals surface area contributed by atoms with Gasteiger partial charge in [0.1, 0.15) is 0 Å². The zero-order chi connectivity index (χ0) is 11.8. The molecule has 4 N–H and O–H groups in total. The summed E-state index contributed by atoms with van der Waals surface area (Å²) in [5, 5.41) is 0.589. The number of nitrogens with one attached hydrogen (secondary N) is 2. The van der Waals surface area contributed by atoms with Gasteiger partial charge in [-0.25, -0.2) is 19.2 Å². The molecule has 1 aromatic heterocycles. The van der Waals surface area contributed by atoms with E-state index in [1.54, 1.807) is 18.2 Å². The minimum absolute atomic E-state index is 0.516. The van der Waals surface area contributed by atoms with Crippen molar-refractivity contribution in [3.05, 3.63) is 18.2 Å². The van der Waals surface area contributed by atoms with Crippen molar-refractivity contribution in [2.24, 2.45) is 5.84 Å². The van der Waals surface area contributed by atoms with E-state index in [2.05, 4.69) is 15.1 Å². The molecule has 0 saturated carbocycles. The molecule has 2 rings (SSSR count). The molecule has 0 aliphatic rings. The van der Waals surface area contributed by atoms with Crippen LogP contribution >= 0.6 is 11.3 Å². The standard InChI is InChI=1S/C8H10N4O2S2/c1-16(13,14)12-5-2-3-6-7(4-5)15-8(10-6)11-9/h2-4,12H,9H2,1H3,(H,10,11). The highest BCUT2D eigenvalue weighted by atomic mass is 32.2. The van der Waals surface area contributed by atoms with E-state index in [0.717, 1.165) is 16.5 Å². The highest BCUT2D eigenvalue weighted by Gasteiger charge is 2.06. The lowest BCUT2D eigenvalue weighted by Crippen LogP contribution is -2.09. The third-order valence-corrected chi connectivity index (χ3v) is 3.37. The molecule has 0 aliphatic heterocycles. The average Bonchev–Trinajstić information content (AvgIpc) is 2.57. The zero-order valence-corrected chi connectivity index (χ0v) is 10.0. The van der Waals surface area contributed by atoms with Crippen LogP contribution in [0.3, 0.4) is 0 Å². The quantitative estimate of drug-likeness (QED) is 0.562. The van der Waals surface area contributed by atoms with E-state index in [9.17, 15) is 8.42 Å². The lowest BCUT2D eigenvalue weighted by Gasteiger charge is -2.02. The Kier molecular flexibility index (Phi) is 2.70. The third-order valence-electron chi connectivity index (χ3n) is 1.82. The van der Waals surface area contributed by atoms with Crippen molar-refractivity contribution in [1.82, 2.24) is 4.98 Å². The second-order valence-electron chi connectivity index (χ2n) is 3.22. The maximum absolute atomic E-state index is 11.0. The normalized spacial score (nSPS) is 11.6. The largest absolute Gasteiger partial charge is 0.300 e. The Morgan fingerprint density at radius 3 is 2.81 bits per heavy atom. The Morgan fingerprint density at radius 2 is 2.19 bits per heavy atom. The van der Waals surface area contributed by atoms with Gasteiger partial charge in [-0.05, 0) is 18.2 Å². The van der Waals surface area contributed by atoms with E-state index in [1.807, 2.05) is 0 Å². The molecular weight excluding hydrogens is 248 g/mol. The maximum atomic E-state index is 11.0. The van der Waals surface area contributed by atoms with Crippen LogP contribution < -0.4 is 16.0 Å². The molecule has 0 radical (unpaired) electrons. The van der Waals surface area contributed by atoms with Crippen molar-refractivity contribution in [1.29, 1.82) is 0 Å². The fourth-order valence-corrected chi connectivity index (χ4v) is 2.63. The zero-order valence-electron chi connectivity index (χ0n) is 8.39. The van der Waals surface area contributed by atoms with Gasteiger partial charge in [-0.1, -0.05) is 11.3 Å². The molecule has 0 bridgehead atoms. The van der Waals surface area contributed by atoms with Crippen LogP contribution in [0.2, 0.25) is 0 Å². The second-order valence-corrected chi connectivity index (χ2v) is 6.00. The van der Waals surface area contributed by atoms with Crippen molar-refractivity contribution >= 4 is 42.4 Å². The summed E-state index contributed by atoms with van der Waals surface area (Å²) in [6.45, 7) is 0. The molecule has 0 atom stereocenters. The number of nitrogen functional groups attached to an aromatic ring is 1. The number of fused-ring (bicyclic) bond motifs is 1. The molecule has 2 aromatic rings. The molecule has 0 amide bonds. The summed E-state index contributed by atoms with van der Waals surface area (Å²) in [4.78, 5) is 4.17. The highest BCUT2D eigenvalue weighted by Crippen LogP contribution is 2.27. The number of hydrogen-bond donors (Lipinski definition) is 3. The van der Waals surface area contributed by atoms with Crippen LogP contribution in [0.5, 0.6) is 0 Å². The number of anilines is 2. The minimum Gasteiger partial charge on any atom is -0.300 e. The summed E-state index contributed by atoms with van der Waals surface area (Å²) in [6, 6.07) is 5.11. The predicted octanol–water partition coefficient (Wildman–Crippen LogP) is 0.953. The number of nitrogens with zero attached hydrogens (tertiary/aromatic N) is 1. The van der Waals surface area contributed by atoms with Gasteiger partial charge in [0.25, 0.3) is 0 Å². The number of thiazole rings is 1. The number of nitrogens with two attached hydrogens (primary N) is 1. The first kappa shape index (κ1) is 11.1. The molecule has 8 heteroatoms. The Balaban J connectivity index is 2.43. The molecule has 1 heterocycles. The van der Waals surface area contributed by atoms with Crippen LogP contribution in [0.25, 0.3) is 10.2 Å². The maximum Gasteiger partial charge on any atom is 0.229 e.